The van der Waals surface area contributed by atoms with Gasteiger partial charge in [-0.3, -0.25) is 4.79 Å². The first-order chi connectivity index (χ1) is 10.1. The highest BCUT2D eigenvalue weighted by Gasteiger charge is 2.43. The van der Waals surface area contributed by atoms with Crippen molar-refractivity contribution in [3.05, 3.63) is 0 Å². The number of esters is 1. The molecule has 0 aromatic rings. The van der Waals surface area contributed by atoms with Crippen LogP contribution in [0, 0.1) is 0 Å². The van der Waals surface area contributed by atoms with Crippen molar-refractivity contribution < 1.29 is 28.5 Å². The van der Waals surface area contributed by atoms with E-state index in [1.54, 1.807) is 7.11 Å². The third-order valence-corrected chi connectivity index (χ3v) is 3.48. The average Bonchev–Trinajstić information content (AvgIpc) is 2.87. The summed E-state index contributed by atoms with van der Waals surface area (Å²) in [5.74, 6) is -0.363. The number of hydrogen-bond donors (Lipinski definition) is 1. The van der Waals surface area contributed by atoms with Crippen LogP contribution in [-0.2, 0) is 28.5 Å². The molecule has 0 bridgehead atoms. The molecule has 0 saturated heterocycles. The van der Waals surface area contributed by atoms with Crippen molar-refractivity contribution in [1.82, 2.24) is 0 Å². The maximum absolute atomic E-state index is 11.6. The Kier molecular flexibility index (Phi) is 8.79. The molecule has 0 aliphatic heterocycles. The standard InChI is InChI=1S/C14H27NO6/c1-17-5-6-19-7-8-20-9-10-21-12-3-4-14(15,11-12)13(16)18-2/h12H,3-11,15H2,1-2H3. The Labute approximate surface area is 126 Å². The largest absolute Gasteiger partial charge is 0.468 e. The van der Waals surface area contributed by atoms with Gasteiger partial charge in [-0.2, -0.15) is 0 Å². The highest BCUT2D eigenvalue weighted by Crippen LogP contribution is 2.30. The van der Waals surface area contributed by atoms with Crippen molar-refractivity contribution >= 4 is 5.97 Å². The molecule has 0 spiro atoms. The fourth-order valence-electron chi connectivity index (χ4n) is 2.30. The van der Waals surface area contributed by atoms with Crippen molar-refractivity contribution in [1.29, 1.82) is 0 Å². The summed E-state index contributed by atoms with van der Waals surface area (Å²) in [6.45, 7) is 3.22. The van der Waals surface area contributed by atoms with Crippen molar-refractivity contribution in [3.63, 3.8) is 0 Å². The zero-order chi connectivity index (χ0) is 15.6. The monoisotopic (exact) mass is 305 g/mol. The minimum absolute atomic E-state index is 0.00403. The SMILES string of the molecule is COCCOCCOCCOC1CCC(N)(C(=O)OC)C1. The van der Waals surface area contributed by atoms with Gasteiger partial charge in [0.25, 0.3) is 0 Å². The topological polar surface area (TPSA) is 89.2 Å². The van der Waals surface area contributed by atoms with Crippen molar-refractivity contribution in [3.8, 4) is 0 Å². The lowest BCUT2D eigenvalue weighted by Crippen LogP contribution is -2.46. The maximum atomic E-state index is 11.6. The molecule has 21 heavy (non-hydrogen) atoms. The van der Waals surface area contributed by atoms with Crippen LogP contribution in [0.1, 0.15) is 19.3 Å². The average molecular weight is 305 g/mol. The summed E-state index contributed by atoms with van der Waals surface area (Å²) in [7, 11) is 2.99. The molecule has 0 radical (unpaired) electrons. The Morgan fingerprint density at radius 2 is 1.71 bits per heavy atom. The summed E-state index contributed by atoms with van der Waals surface area (Å²) in [5, 5.41) is 0. The van der Waals surface area contributed by atoms with Crippen LogP contribution in [0.15, 0.2) is 0 Å². The van der Waals surface area contributed by atoms with Crippen LogP contribution in [0.5, 0.6) is 0 Å². The summed E-state index contributed by atoms with van der Waals surface area (Å²) in [6.07, 6.45) is 1.86. The van der Waals surface area contributed by atoms with Crippen LogP contribution in [0.2, 0.25) is 0 Å². The van der Waals surface area contributed by atoms with Crippen LogP contribution < -0.4 is 5.73 Å². The summed E-state index contributed by atoms with van der Waals surface area (Å²) in [5.41, 5.74) is 5.11. The lowest BCUT2D eigenvalue weighted by Gasteiger charge is -2.20. The molecule has 7 nitrogen and oxygen atoms in total. The smallest absolute Gasteiger partial charge is 0.325 e. The predicted octanol–water partition coefficient (Wildman–Crippen LogP) is 0.106. The van der Waals surface area contributed by atoms with E-state index in [0.29, 0.717) is 52.5 Å². The van der Waals surface area contributed by atoms with Gasteiger partial charge in [0.1, 0.15) is 5.54 Å². The van der Waals surface area contributed by atoms with Crippen LogP contribution >= 0.6 is 0 Å². The fourth-order valence-corrected chi connectivity index (χ4v) is 2.30. The molecule has 0 aromatic carbocycles. The number of nitrogens with two attached hydrogens (primary N) is 1. The third-order valence-electron chi connectivity index (χ3n) is 3.48. The number of carbonyl (C=O) groups is 1. The third kappa shape index (κ3) is 6.71. The Balaban J connectivity index is 1.98. The van der Waals surface area contributed by atoms with E-state index >= 15 is 0 Å². The number of hydrogen-bond acceptors (Lipinski definition) is 7. The zero-order valence-electron chi connectivity index (χ0n) is 13.0. The molecule has 7 heteroatoms. The molecule has 0 heterocycles. The van der Waals surface area contributed by atoms with Gasteiger partial charge in [0.05, 0.1) is 52.9 Å². The Morgan fingerprint density at radius 3 is 2.33 bits per heavy atom. The molecule has 1 fully saturated rings. The minimum Gasteiger partial charge on any atom is -0.468 e. The van der Waals surface area contributed by atoms with E-state index in [1.165, 1.54) is 7.11 Å². The van der Waals surface area contributed by atoms with E-state index in [-0.39, 0.29) is 12.1 Å². The fraction of sp³-hybridized carbons (Fsp3) is 0.929. The predicted molar refractivity (Wildman–Crippen MR) is 76.0 cm³/mol. The molecule has 0 aromatic heterocycles. The normalized spacial score (nSPS) is 25.2. The summed E-state index contributed by atoms with van der Waals surface area (Å²) in [4.78, 5) is 11.6. The Hall–Kier alpha value is -0.730. The zero-order valence-corrected chi connectivity index (χ0v) is 13.0. The molecule has 1 aliphatic carbocycles. The van der Waals surface area contributed by atoms with Gasteiger partial charge < -0.3 is 29.4 Å². The van der Waals surface area contributed by atoms with E-state index in [1.807, 2.05) is 0 Å². The minimum atomic E-state index is -0.893. The lowest BCUT2D eigenvalue weighted by atomic mass is 10.00. The maximum Gasteiger partial charge on any atom is 0.325 e. The quantitative estimate of drug-likeness (QED) is 0.428. The number of carbonyl (C=O) groups excluding carboxylic acids is 1. The molecule has 1 aliphatic rings. The molecular formula is C14H27NO6. The first-order valence-electron chi connectivity index (χ1n) is 7.25. The highest BCUT2D eigenvalue weighted by atomic mass is 16.6. The second kappa shape index (κ2) is 10.1. The van der Waals surface area contributed by atoms with E-state index in [9.17, 15) is 4.79 Å². The van der Waals surface area contributed by atoms with Gasteiger partial charge in [0.15, 0.2) is 0 Å². The van der Waals surface area contributed by atoms with Gasteiger partial charge in [0.2, 0.25) is 0 Å². The van der Waals surface area contributed by atoms with Crippen LogP contribution in [0.3, 0.4) is 0 Å². The molecule has 1 rings (SSSR count). The Morgan fingerprint density at radius 1 is 1.10 bits per heavy atom. The van der Waals surface area contributed by atoms with Gasteiger partial charge in [0, 0.05) is 13.5 Å². The van der Waals surface area contributed by atoms with Gasteiger partial charge >= 0.3 is 5.97 Å². The molecular weight excluding hydrogens is 278 g/mol. The van der Waals surface area contributed by atoms with Gasteiger partial charge in [-0.05, 0) is 12.8 Å². The van der Waals surface area contributed by atoms with E-state index < -0.39 is 5.54 Å². The summed E-state index contributed by atoms with van der Waals surface area (Å²) < 4.78 is 25.9. The van der Waals surface area contributed by atoms with Crippen molar-refractivity contribution in [2.75, 3.05) is 53.9 Å². The van der Waals surface area contributed by atoms with E-state index in [2.05, 4.69) is 0 Å². The first kappa shape index (κ1) is 18.3. The van der Waals surface area contributed by atoms with E-state index in [4.69, 9.17) is 29.4 Å². The van der Waals surface area contributed by atoms with Crippen molar-refractivity contribution in [2.45, 2.75) is 30.9 Å². The summed E-state index contributed by atoms with van der Waals surface area (Å²) >= 11 is 0. The number of methoxy groups -OCH3 is 2. The molecule has 2 N–H and O–H groups in total. The number of rotatable bonds is 11. The second-order valence-corrected chi connectivity index (χ2v) is 5.10. The number of ether oxygens (including phenoxy) is 5. The van der Waals surface area contributed by atoms with Gasteiger partial charge in [-0.15, -0.1) is 0 Å². The van der Waals surface area contributed by atoms with Gasteiger partial charge in [-0.1, -0.05) is 0 Å². The Bertz CT molecular complexity index is 301. The van der Waals surface area contributed by atoms with Crippen molar-refractivity contribution in [2.24, 2.45) is 5.73 Å². The highest BCUT2D eigenvalue weighted by molar-refractivity contribution is 5.80. The molecule has 124 valence electrons. The molecule has 0 amide bonds. The van der Waals surface area contributed by atoms with Crippen LogP contribution in [0.25, 0.3) is 0 Å². The van der Waals surface area contributed by atoms with E-state index in [0.717, 1.165) is 6.42 Å². The van der Waals surface area contributed by atoms with Crippen LogP contribution in [0.4, 0.5) is 0 Å². The lowest BCUT2D eigenvalue weighted by molar-refractivity contribution is -0.147. The summed E-state index contributed by atoms with van der Waals surface area (Å²) in [6, 6.07) is 0. The first-order valence-corrected chi connectivity index (χ1v) is 7.25. The molecule has 2 atom stereocenters. The molecule has 2 unspecified atom stereocenters. The van der Waals surface area contributed by atoms with Crippen LogP contribution in [-0.4, -0.2) is 71.5 Å². The molecule has 1 saturated carbocycles. The second-order valence-electron chi connectivity index (χ2n) is 5.10. The van der Waals surface area contributed by atoms with Gasteiger partial charge in [-0.25, -0.2) is 0 Å².